The Labute approximate surface area is 164 Å². The van der Waals surface area contributed by atoms with Gasteiger partial charge >= 0.3 is 12.1 Å². The Balaban J connectivity index is 1.85. The number of nitrogens with zero attached hydrogens (tertiary/aromatic N) is 3. The topological polar surface area (TPSA) is 85.1 Å². The predicted octanol–water partition coefficient (Wildman–Crippen LogP) is 3.45. The molecule has 1 aliphatic heterocycles. The fourth-order valence-electron chi connectivity index (χ4n) is 3.50. The number of fused-ring (bicyclic) bond motifs is 1. The summed E-state index contributed by atoms with van der Waals surface area (Å²) in [6.45, 7) is 10.5. The zero-order chi connectivity index (χ0) is 20.6. The molecule has 1 aromatic heterocycles. The van der Waals surface area contributed by atoms with Crippen molar-refractivity contribution in [1.82, 2.24) is 9.88 Å². The van der Waals surface area contributed by atoms with Gasteiger partial charge < -0.3 is 23.7 Å². The van der Waals surface area contributed by atoms with E-state index in [0.717, 1.165) is 0 Å². The largest absolute Gasteiger partial charge is 0.465 e. The number of rotatable bonds is 2. The average Bonchev–Trinajstić information content (AvgIpc) is 3.02. The lowest BCUT2D eigenvalue weighted by atomic mass is 10.1. The van der Waals surface area contributed by atoms with Gasteiger partial charge in [0.05, 0.1) is 12.7 Å². The third-order valence-corrected chi connectivity index (χ3v) is 4.60. The van der Waals surface area contributed by atoms with Crippen molar-refractivity contribution < 1.29 is 23.5 Å². The van der Waals surface area contributed by atoms with Gasteiger partial charge in [-0.05, 0) is 46.8 Å². The fraction of sp³-hybridized carbons (Fsp3) is 0.550. The highest BCUT2D eigenvalue weighted by Crippen LogP contribution is 2.30. The summed E-state index contributed by atoms with van der Waals surface area (Å²) in [5.74, 6) is -0.457. The minimum absolute atomic E-state index is 0.0362. The van der Waals surface area contributed by atoms with E-state index >= 15 is 0 Å². The lowest BCUT2D eigenvalue weighted by Gasteiger charge is -2.43. The average molecular weight is 389 g/mol. The number of benzene rings is 1. The molecule has 0 radical (unpaired) electrons. The highest BCUT2D eigenvalue weighted by Gasteiger charge is 2.36. The highest BCUT2D eigenvalue weighted by molar-refractivity contribution is 6.01. The van der Waals surface area contributed by atoms with E-state index in [0.29, 0.717) is 35.8 Å². The molecule has 8 nitrogen and oxygen atoms in total. The molecule has 3 rings (SSSR count). The molecule has 1 amide bonds. The summed E-state index contributed by atoms with van der Waals surface area (Å²) in [5.41, 5.74) is 0.818. The molecular weight excluding hydrogens is 362 g/mol. The number of hydrogen-bond donors (Lipinski definition) is 0. The minimum atomic E-state index is -0.536. The zero-order valence-electron chi connectivity index (χ0n) is 17.2. The van der Waals surface area contributed by atoms with E-state index in [9.17, 15) is 9.59 Å². The second kappa shape index (κ2) is 7.33. The molecule has 1 fully saturated rings. The Bertz CT molecular complexity index is 874. The number of carbonyl (C=O) groups excluding carboxylic acids is 2. The Morgan fingerprint density at radius 3 is 2.39 bits per heavy atom. The number of para-hydroxylation sites is 1. The first kappa shape index (κ1) is 20.0. The van der Waals surface area contributed by atoms with Crippen LogP contribution in [0.4, 0.5) is 10.8 Å². The van der Waals surface area contributed by atoms with Crippen molar-refractivity contribution in [2.45, 2.75) is 52.3 Å². The lowest BCUT2D eigenvalue weighted by molar-refractivity contribution is 0.0189. The van der Waals surface area contributed by atoms with E-state index in [1.807, 2.05) is 39.5 Å². The summed E-state index contributed by atoms with van der Waals surface area (Å²) < 4.78 is 16.3. The van der Waals surface area contributed by atoms with E-state index in [1.54, 1.807) is 23.1 Å². The van der Waals surface area contributed by atoms with Gasteiger partial charge in [0.25, 0.3) is 6.01 Å². The number of piperazine rings is 1. The van der Waals surface area contributed by atoms with Crippen LogP contribution < -0.4 is 4.90 Å². The maximum absolute atomic E-state index is 12.4. The number of methoxy groups -OCH3 is 1. The van der Waals surface area contributed by atoms with Gasteiger partial charge in [0.1, 0.15) is 11.1 Å². The molecule has 2 atom stereocenters. The second-order valence-corrected chi connectivity index (χ2v) is 8.13. The summed E-state index contributed by atoms with van der Waals surface area (Å²) in [4.78, 5) is 32.7. The number of amides is 1. The van der Waals surface area contributed by atoms with E-state index < -0.39 is 11.6 Å². The second-order valence-electron chi connectivity index (χ2n) is 8.13. The van der Waals surface area contributed by atoms with E-state index in [-0.39, 0.29) is 18.2 Å². The number of oxazole rings is 1. The smallest absolute Gasteiger partial charge is 0.410 e. The normalized spacial score (nSPS) is 20.4. The molecule has 0 N–H and O–H groups in total. The molecule has 0 aliphatic carbocycles. The number of hydrogen-bond acceptors (Lipinski definition) is 7. The van der Waals surface area contributed by atoms with Gasteiger partial charge in [-0.15, -0.1) is 0 Å². The highest BCUT2D eigenvalue weighted by atomic mass is 16.6. The van der Waals surface area contributed by atoms with Crippen molar-refractivity contribution in [2.24, 2.45) is 0 Å². The first-order valence-electron chi connectivity index (χ1n) is 9.35. The van der Waals surface area contributed by atoms with Crippen molar-refractivity contribution in [2.75, 3.05) is 25.1 Å². The van der Waals surface area contributed by atoms with Crippen LogP contribution in [0.15, 0.2) is 22.6 Å². The Kier molecular flexibility index (Phi) is 5.23. The van der Waals surface area contributed by atoms with Gasteiger partial charge in [-0.3, -0.25) is 0 Å². The van der Waals surface area contributed by atoms with Crippen LogP contribution in [0.3, 0.4) is 0 Å². The molecule has 28 heavy (non-hydrogen) atoms. The van der Waals surface area contributed by atoms with Crippen LogP contribution in [0.2, 0.25) is 0 Å². The molecule has 0 bridgehead atoms. The summed E-state index contributed by atoms with van der Waals surface area (Å²) in [5, 5.41) is 0. The number of carbonyl (C=O) groups is 2. The van der Waals surface area contributed by atoms with E-state index in [4.69, 9.17) is 13.9 Å². The molecule has 1 saturated heterocycles. The molecule has 2 aromatic rings. The third-order valence-electron chi connectivity index (χ3n) is 4.60. The zero-order valence-corrected chi connectivity index (χ0v) is 17.2. The molecule has 8 heteroatoms. The molecule has 0 saturated carbocycles. The van der Waals surface area contributed by atoms with Crippen molar-refractivity contribution in [3.63, 3.8) is 0 Å². The van der Waals surface area contributed by atoms with Crippen LogP contribution in [0.25, 0.3) is 11.1 Å². The minimum Gasteiger partial charge on any atom is -0.465 e. The van der Waals surface area contributed by atoms with Crippen molar-refractivity contribution in [1.29, 1.82) is 0 Å². The summed E-state index contributed by atoms with van der Waals surface area (Å²) >= 11 is 0. The maximum Gasteiger partial charge on any atom is 0.410 e. The fourth-order valence-corrected chi connectivity index (χ4v) is 3.50. The standard InChI is InChI=1S/C20H27N3O5/c1-12-10-22(19(25)28-20(3,4)5)11-13(2)23(12)18-21-16-14(17(24)26-6)8-7-9-15(16)27-18/h7-9,12-13H,10-11H2,1-6H3/t12-,13-/m1/s1. The molecule has 1 aromatic carbocycles. The van der Waals surface area contributed by atoms with Crippen LogP contribution in [0.1, 0.15) is 45.0 Å². The van der Waals surface area contributed by atoms with Crippen molar-refractivity contribution in [3.8, 4) is 0 Å². The number of ether oxygens (including phenoxy) is 2. The quantitative estimate of drug-likeness (QED) is 0.727. The molecule has 2 heterocycles. The van der Waals surface area contributed by atoms with Gasteiger partial charge in [0, 0.05) is 25.2 Å². The van der Waals surface area contributed by atoms with E-state index in [1.165, 1.54) is 7.11 Å². The predicted molar refractivity (Wildman–Crippen MR) is 105 cm³/mol. The molecule has 0 spiro atoms. The van der Waals surface area contributed by atoms with Crippen molar-refractivity contribution in [3.05, 3.63) is 23.8 Å². The van der Waals surface area contributed by atoms with Gasteiger partial charge in [-0.2, -0.15) is 4.98 Å². The van der Waals surface area contributed by atoms with Crippen LogP contribution in [-0.4, -0.2) is 59.8 Å². The Morgan fingerprint density at radius 2 is 1.82 bits per heavy atom. The number of esters is 1. The Morgan fingerprint density at radius 1 is 1.18 bits per heavy atom. The summed E-state index contributed by atoms with van der Waals surface area (Å²) in [7, 11) is 1.34. The first-order valence-corrected chi connectivity index (χ1v) is 9.35. The van der Waals surface area contributed by atoms with Crippen LogP contribution in [0.5, 0.6) is 0 Å². The van der Waals surface area contributed by atoms with Crippen LogP contribution >= 0.6 is 0 Å². The van der Waals surface area contributed by atoms with Crippen LogP contribution in [0, 0.1) is 0 Å². The van der Waals surface area contributed by atoms with Gasteiger partial charge in [-0.25, -0.2) is 9.59 Å². The summed E-state index contributed by atoms with van der Waals surface area (Å²) in [6, 6.07) is 5.52. The van der Waals surface area contributed by atoms with Gasteiger partial charge in [-0.1, -0.05) is 6.07 Å². The Hall–Kier alpha value is -2.77. The van der Waals surface area contributed by atoms with Crippen LogP contribution in [-0.2, 0) is 9.47 Å². The van der Waals surface area contributed by atoms with E-state index in [2.05, 4.69) is 4.98 Å². The maximum atomic E-state index is 12.4. The van der Waals surface area contributed by atoms with Gasteiger partial charge in [0.15, 0.2) is 5.58 Å². The van der Waals surface area contributed by atoms with Gasteiger partial charge in [0.2, 0.25) is 0 Å². The number of anilines is 1. The SMILES string of the molecule is COC(=O)c1cccc2oc(N3[C@H](C)CN(C(=O)OC(C)(C)C)C[C@H]3C)nc12. The first-order chi connectivity index (χ1) is 13.1. The number of aromatic nitrogens is 1. The molecule has 0 unspecified atom stereocenters. The summed E-state index contributed by atoms with van der Waals surface area (Å²) in [6.07, 6.45) is -0.323. The lowest BCUT2D eigenvalue weighted by Crippen LogP contribution is -2.59. The molecule has 152 valence electrons. The third kappa shape index (κ3) is 3.90. The monoisotopic (exact) mass is 389 g/mol. The molecule has 1 aliphatic rings. The van der Waals surface area contributed by atoms with Crippen molar-refractivity contribution >= 4 is 29.2 Å². The molecular formula is C20H27N3O5.